The zero-order valence-electron chi connectivity index (χ0n) is 25.5. The number of cyclic esters (lactones) is 1. The van der Waals surface area contributed by atoms with Gasteiger partial charge in [-0.3, -0.25) is 4.79 Å². The minimum absolute atomic E-state index is 0.164. The third-order valence-corrected chi connectivity index (χ3v) is 8.05. The van der Waals surface area contributed by atoms with Crippen molar-refractivity contribution in [2.75, 3.05) is 19.8 Å². The number of aromatic nitrogens is 1. The van der Waals surface area contributed by atoms with Crippen LogP contribution in [0.3, 0.4) is 0 Å². The van der Waals surface area contributed by atoms with Crippen molar-refractivity contribution < 1.29 is 28.6 Å². The van der Waals surface area contributed by atoms with E-state index in [1.807, 2.05) is 27.0 Å². The summed E-state index contributed by atoms with van der Waals surface area (Å²) in [4.78, 5) is 46.2. The summed E-state index contributed by atoms with van der Waals surface area (Å²) in [5.74, 6) is -0.367. The lowest BCUT2D eigenvalue weighted by atomic mass is 9.85. The maximum Gasteiger partial charge on any atom is 0.407 e. The molecule has 4 rings (SSSR count). The number of alkyl carbamates (subject to hydrolysis) is 1. The fourth-order valence-electron chi connectivity index (χ4n) is 5.68. The van der Waals surface area contributed by atoms with Crippen LogP contribution in [0.1, 0.15) is 78.9 Å². The Kier molecular flexibility index (Phi) is 9.14. The van der Waals surface area contributed by atoms with Gasteiger partial charge in [-0.1, -0.05) is 53.7 Å². The van der Waals surface area contributed by atoms with E-state index in [1.165, 1.54) is 10.5 Å². The second kappa shape index (κ2) is 12.2. The molecule has 3 atom stereocenters. The summed E-state index contributed by atoms with van der Waals surface area (Å²) in [5.41, 5.74) is 1.42. The normalized spacial score (nSPS) is 23.8. The molecule has 0 unspecified atom stereocenters. The first kappa shape index (κ1) is 30.6. The molecule has 1 fully saturated rings. The van der Waals surface area contributed by atoms with Crippen molar-refractivity contribution in [3.63, 3.8) is 0 Å². The van der Waals surface area contributed by atoms with E-state index in [0.29, 0.717) is 5.88 Å². The number of carbonyl (C=O) groups excluding carboxylic acids is 3. The van der Waals surface area contributed by atoms with Gasteiger partial charge in [0.25, 0.3) is 0 Å². The van der Waals surface area contributed by atoms with Gasteiger partial charge in [-0.2, -0.15) is 0 Å². The Morgan fingerprint density at radius 3 is 2.63 bits per heavy atom. The van der Waals surface area contributed by atoms with Crippen molar-refractivity contribution in [2.24, 2.45) is 10.8 Å². The highest BCUT2D eigenvalue weighted by molar-refractivity contribution is 5.92. The lowest BCUT2D eigenvalue weighted by Crippen LogP contribution is -2.57. The molecule has 0 saturated carbocycles. The van der Waals surface area contributed by atoms with Crippen molar-refractivity contribution in [3.8, 4) is 5.88 Å². The molecule has 224 valence electrons. The van der Waals surface area contributed by atoms with Crippen molar-refractivity contribution in [1.29, 1.82) is 0 Å². The lowest BCUT2D eigenvalue weighted by Gasteiger charge is -2.35. The Labute approximate surface area is 243 Å². The van der Waals surface area contributed by atoms with E-state index in [0.717, 1.165) is 42.0 Å². The average molecular weight is 568 g/mol. The predicted octanol–water partition coefficient (Wildman–Crippen LogP) is 5.21. The van der Waals surface area contributed by atoms with Crippen LogP contribution in [0.5, 0.6) is 5.88 Å². The number of hydrogen-bond donors (Lipinski definition) is 1. The summed E-state index contributed by atoms with van der Waals surface area (Å²) in [6.07, 6.45) is 4.46. The molecule has 3 heterocycles. The van der Waals surface area contributed by atoms with E-state index < -0.39 is 35.7 Å². The van der Waals surface area contributed by atoms with E-state index in [9.17, 15) is 14.4 Å². The number of benzene rings is 1. The van der Waals surface area contributed by atoms with Gasteiger partial charge in [0.1, 0.15) is 18.2 Å². The minimum atomic E-state index is -0.918. The monoisotopic (exact) mass is 567 g/mol. The number of nitrogens with zero attached hydrogens (tertiary/aromatic N) is 2. The molecule has 1 N–H and O–H groups in total. The van der Waals surface area contributed by atoms with Gasteiger partial charge in [-0.05, 0) is 66.0 Å². The van der Waals surface area contributed by atoms with Gasteiger partial charge in [0, 0.05) is 18.0 Å². The number of pyridine rings is 1. The summed E-state index contributed by atoms with van der Waals surface area (Å²) < 4.78 is 17.5. The number of esters is 1. The molecule has 0 spiro atoms. The molecule has 4 bridgehead atoms. The number of ether oxygens (including phenoxy) is 3. The van der Waals surface area contributed by atoms with Crippen molar-refractivity contribution in [3.05, 3.63) is 35.5 Å². The molecule has 2 aliphatic heterocycles. The quantitative estimate of drug-likeness (QED) is 0.507. The molecule has 1 saturated heterocycles. The third-order valence-electron chi connectivity index (χ3n) is 8.05. The number of carbonyl (C=O) groups is 3. The Bertz CT molecular complexity index is 1280. The maximum absolute atomic E-state index is 14.0. The van der Waals surface area contributed by atoms with Gasteiger partial charge in [0.15, 0.2) is 0 Å². The van der Waals surface area contributed by atoms with E-state index in [-0.39, 0.29) is 37.5 Å². The second-order valence-corrected chi connectivity index (χ2v) is 13.1. The summed E-state index contributed by atoms with van der Waals surface area (Å²) >= 11 is 0. The van der Waals surface area contributed by atoms with Gasteiger partial charge in [0.2, 0.25) is 11.8 Å². The van der Waals surface area contributed by atoms with Gasteiger partial charge < -0.3 is 24.4 Å². The molecule has 1 aromatic heterocycles. The number of rotatable bonds is 3. The summed E-state index contributed by atoms with van der Waals surface area (Å²) in [7, 11) is 0. The Morgan fingerprint density at radius 2 is 1.95 bits per heavy atom. The number of amides is 2. The van der Waals surface area contributed by atoms with Crippen LogP contribution >= 0.6 is 0 Å². The van der Waals surface area contributed by atoms with Gasteiger partial charge in [-0.15, -0.1) is 0 Å². The standard InChI is InChI=1S/C32H45N3O6/c1-8-21-17-33-27-24-15-20(12-13-23(21)24)11-10-14-32(6,7)19-40-30(38)34-26(31(3,4)5)28(36)35-18-22(41-27)16-25(35)29(37)39-9-2/h12-13,15,17,22,25-26H,8-11,14,16,18-19H2,1-7H3,(H,34,38)/t22-,25-,26+/m0/s1. The zero-order chi connectivity index (χ0) is 29.9. The predicted molar refractivity (Wildman–Crippen MR) is 157 cm³/mol. The van der Waals surface area contributed by atoms with Crippen LogP contribution in [0.4, 0.5) is 4.79 Å². The van der Waals surface area contributed by atoms with Crippen molar-refractivity contribution in [1.82, 2.24) is 15.2 Å². The lowest BCUT2D eigenvalue weighted by molar-refractivity contribution is -0.154. The fourth-order valence-corrected chi connectivity index (χ4v) is 5.68. The first-order chi connectivity index (χ1) is 19.3. The van der Waals surface area contributed by atoms with Crippen LogP contribution in [-0.2, 0) is 31.9 Å². The van der Waals surface area contributed by atoms with E-state index >= 15 is 0 Å². The number of fused-ring (bicyclic) bond motifs is 3. The third kappa shape index (κ3) is 7.11. The molecular weight excluding hydrogens is 522 g/mol. The highest BCUT2D eigenvalue weighted by atomic mass is 16.6. The molecule has 0 aliphatic carbocycles. The summed E-state index contributed by atoms with van der Waals surface area (Å²) in [6, 6.07) is 4.67. The van der Waals surface area contributed by atoms with Gasteiger partial charge in [-0.25, -0.2) is 14.6 Å². The topological polar surface area (TPSA) is 107 Å². The molecule has 2 amide bonds. The highest BCUT2D eigenvalue weighted by Crippen LogP contribution is 2.33. The van der Waals surface area contributed by atoms with Crippen molar-refractivity contribution >= 4 is 28.7 Å². The van der Waals surface area contributed by atoms with E-state index in [2.05, 4.69) is 49.3 Å². The van der Waals surface area contributed by atoms with Crippen LogP contribution < -0.4 is 10.1 Å². The first-order valence-electron chi connectivity index (χ1n) is 14.8. The number of hydrogen-bond acceptors (Lipinski definition) is 7. The van der Waals surface area contributed by atoms with Gasteiger partial charge >= 0.3 is 12.1 Å². The molecular formula is C32H45N3O6. The van der Waals surface area contributed by atoms with Crippen LogP contribution in [0, 0.1) is 10.8 Å². The molecule has 41 heavy (non-hydrogen) atoms. The molecule has 9 nitrogen and oxygen atoms in total. The van der Waals surface area contributed by atoms with Crippen LogP contribution in [0.15, 0.2) is 24.4 Å². The molecule has 2 aliphatic rings. The van der Waals surface area contributed by atoms with E-state index in [1.54, 1.807) is 6.92 Å². The molecule has 9 heteroatoms. The summed E-state index contributed by atoms with van der Waals surface area (Å²) in [5, 5.41) is 4.82. The second-order valence-electron chi connectivity index (χ2n) is 13.1. The molecule has 1 aromatic carbocycles. The van der Waals surface area contributed by atoms with Crippen LogP contribution in [0.2, 0.25) is 0 Å². The highest BCUT2D eigenvalue weighted by Gasteiger charge is 2.46. The van der Waals surface area contributed by atoms with Crippen LogP contribution in [-0.4, -0.2) is 65.8 Å². The summed E-state index contributed by atoms with van der Waals surface area (Å²) in [6.45, 7) is 14.2. The molecule has 0 radical (unpaired) electrons. The smallest absolute Gasteiger partial charge is 0.407 e. The Hall–Kier alpha value is -3.36. The molecule has 2 aromatic rings. The first-order valence-corrected chi connectivity index (χ1v) is 14.8. The fraction of sp³-hybridized carbons (Fsp3) is 0.625. The largest absolute Gasteiger partial charge is 0.472 e. The van der Waals surface area contributed by atoms with E-state index in [4.69, 9.17) is 14.2 Å². The Morgan fingerprint density at radius 1 is 1.20 bits per heavy atom. The van der Waals surface area contributed by atoms with Gasteiger partial charge in [0.05, 0.1) is 19.8 Å². The zero-order valence-corrected chi connectivity index (χ0v) is 25.5. The number of nitrogens with one attached hydrogen (secondary N) is 1. The number of aryl methyl sites for hydroxylation is 2. The minimum Gasteiger partial charge on any atom is -0.472 e. The van der Waals surface area contributed by atoms with Crippen LogP contribution in [0.25, 0.3) is 10.8 Å². The van der Waals surface area contributed by atoms with Crippen molar-refractivity contribution in [2.45, 2.75) is 98.8 Å². The SMILES string of the molecule is CCOC(=O)[C@@H]1C[C@H]2CN1C(=O)[C@H](C(C)(C)C)NC(=O)OCC(C)(C)CCCc1ccc3c(CC)cnc(c3c1)O2. The maximum atomic E-state index is 14.0. The average Bonchev–Trinajstić information content (AvgIpc) is 3.33. The Balaban J connectivity index is 1.77.